The fraction of sp³-hybridized carbons (Fsp3) is 0.364. The number of hydrogen-bond acceptors (Lipinski definition) is 2. The summed E-state index contributed by atoms with van der Waals surface area (Å²) >= 11 is 5.86. The first kappa shape index (κ1) is 20.6. The molecular formula is C22H22ClF2N3O2. The molecule has 0 aromatic heterocycles. The molecule has 2 aromatic carbocycles. The number of anilines is 2. The lowest BCUT2D eigenvalue weighted by Crippen LogP contribution is -2.65. The summed E-state index contributed by atoms with van der Waals surface area (Å²) in [5.74, 6) is -1.56. The minimum Gasteiger partial charge on any atom is -0.326 e. The van der Waals surface area contributed by atoms with Crippen LogP contribution < -0.4 is 10.6 Å². The Balaban J connectivity index is 1.25. The van der Waals surface area contributed by atoms with Gasteiger partial charge in [0.2, 0.25) is 5.91 Å². The van der Waals surface area contributed by atoms with E-state index in [4.69, 9.17) is 11.6 Å². The Morgan fingerprint density at radius 3 is 2.27 bits per heavy atom. The highest BCUT2D eigenvalue weighted by Gasteiger charge is 2.55. The van der Waals surface area contributed by atoms with Gasteiger partial charge < -0.3 is 15.5 Å². The van der Waals surface area contributed by atoms with E-state index in [0.717, 1.165) is 25.0 Å². The summed E-state index contributed by atoms with van der Waals surface area (Å²) in [4.78, 5) is 26.3. The molecule has 1 heterocycles. The van der Waals surface area contributed by atoms with Crippen LogP contribution in [0.25, 0.3) is 0 Å². The quantitative estimate of drug-likeness (QED) is 0.701. The number of hydrogen-bond donors (Lipinski definition) is 2. The molecule has 2 fully saturated rings. The summed E-state index contributed by atoms with van der Waals surface area (Å²) in [7, 11) is 0. The number of rotatable bonds is 4. The molecule has 1 aliphatic carbocycles. The molecule has 1 aliphatic heterocycles. The minimum absolute atomic E-state index is 0.00456. The Morgan fingerprint density at radius 2 is 1.67 bits per heavy atom. The lowest BCUT2D eigenvalue weighted by atomic mass is 9.55. The Morgan fingerprint density at radius 1 is 1.07 bits per heavy atom. The molecule has 2 aliphatic rings. The van der Waals surface area contributed by atoms with Crippen LogP contribution in [0, 0.1) is 28.9 Å². The van der Waals surface area contributed by atoms with Gasteiger partial charge in [-0.25, -0.2) is 13.6 Å². The zero-order chi connectivity index (χ0) is 21.5. The van der Waals surface area contributed by atoms with Crippen LogP contribution in [-0.2, 0) is 4.79 Å². The molecule has 0 unspecified atom stereocenters. The van der Waals surface area contributed by atoms with Gasteiger partial charge in [-0.1, -0.05) is 24.6 Å². The van der Waals surface area contributed by atoms with Crippen molar-refractivity contribution >= 4 is 34.9 Å². The SMILES string of the molecule is C[C@@H](C(=O)Nc1ccc(Cl)cc1)C1CC2(C1)CN(C(=O)Nc1c(F)cccc1F)C2. The van der Waals surface area contributed by atoms with Crippen LogP contribution in [0.1, 0.15) is 19.8 Å². The molecule has 4 rings (SSSR count). The second kappa shape index (κ2) is 7.87. The first-order valence-corrected chi connectivity index (χ1v) is 10.2. The normalized spacial score (nSPS) is 18.3. The van der Waals surface area contributed by atoms with Gasteiger partial charge in [0.25, 0.3) is 0 Å². The first-order chi connectivity index (χ1) is 14.3. The Kier molecular flexibility index (Phi) is 5.40. The van der Waals surface area contributed by atoms with Crippen molar-refractivity contribution in [1.82, 2.24) is 4.90 Å². The fourth-order valence-corrected chi connectivity index (χ4v) is 4.50. The molecule has 1 saturated carbocycles. The van der Waals surface area contributed by atoms with Crippen molar-refractivity contribution in [1.29, 1.82) is 0 Å². The summed E-state index contributed by atoms with van der Waals surface area (Å²) < 4.78 is 27.4. The number of para-hydroxylation sites is 1. The number of carbonyl (C=O) groups is 2. The standard InChI is InChI=1S/C22H22ClF2N3O2/c1-13(20(29)26-16-7-5-15(23)6-8-16)14-9-22(10-14)11-28(12-22)21(30)27-19-17(24)3-2-4-18(19)25/h2-8,13-14H,9-12H2,1H3,(H,26,29)(H,27,30)/t13-/m1/s1. The summed E-state index contributed by atoms with van der Waals surface area (Å²) in [6, 6.07) is 9.90. The Labute approximate surface area is 178 Å². The molecule has 2 aromatic rings. The predicted octanol–water partition coefficient (Wildman–Crippen LogP) is 5.14. The maximum atomic E-state index is 13.7. The van der Waals surface area contributed by atoms with E-state index >= 15 is 0 Å². The lowest BCUT2D eigenvalue weighted by molar-refractivity contribution is -0.129. The average Bonchev–Trinajstić information content (AvgIpc) is 2.64. The van der Waals surface area contributed by atoms with E-state index in [1.54, 1.807) is 29.2 Å². The molecule has 30 heavy (non-hydrogen) atoms. The topological polar surface area (TPSA) is 61.4 Å². The zero-order valence-corrected chi connectivity index (χ0v) is 17.2. The number of urea groups is 1. The summed E-state index contributed by atoms with van der Waals surface area (Å²) in [5.41, 5.74) is 0.282. The molecule has 0 radical (unpaired) electrons. The molecule has 8 heteroatoms. The van der Waals surface area contributed by atoms with Crippen LogP contribution in [0.15, 0.2) is 42.5 Å². The highest BCUT2D eigenvalue weighted by molar-refractivity contribution is 6.30. The van der Waals surface area contributed by atoms with E-state index in [0.29, 0.717) is 23.8 Å². The second-order valence-corrected chi connectivity index (χ2v) is 8.77. The third kappa shape index (κ3) is 3.99. The monoisotopic (exact) mass is 433 g/mol. The van der Waals surface area contributed by atoms with Gasteiger partial charge in [-0.2, -0.15) is 0 Å². The van der Waals surface area contributed by atoms with E-state index in [1.807, 2.05) is 6.92 Å². The van der Waals surface area contributed by atoms with E-state index in [9.17, 15) is 18.4 Å². The Bertz CT molecular complexity index is 949. The van der Waals surface area contributed by atoms with Crippen molar-refractivity contribution in [3.05, 3.63) is 59.1 Å². The maximum Gasteiger partial charge on any atom is 0.322 e. The third-order valence-corrected chi connectivity index (χ3v) is 6.41. The van der Waals surface area contributed by atoms with Crippen molar-refractivity contribution < 1.29 is 18.4 Å². The Hall–Kier alpha value is -2.67. The number of halogens is 3. The van der Waals surface area contributed by atoms with Gasteiger partial charge in [0.05, 0.1) is 0 Å². The van der Waals surface area contributed by atoms with Crippen LogP contribution in [0.4, 0.5) is 25.0 Å². The fourth-order valence-electron chi connectivity index (χ4n) is 4.38. The van der Waals surface area contributed by atoms with E-state index in [-0.39, 0.29) is 23.2 Å². The van der Waals surface area contributed by atoms with Crippen LogP contribution in [0.2, 0.25) is 5.02 Å². The maximum absolute atomic E-state index is 13.7. The molecule has 0 bridgehead atoms. The number of nitrogens with zero attached hydrogens (tertiary/aromatic N) is 1. The number of benzene rings is 2. The molecular weight excluding hydrogens is 412 g/mol. The first-order valence-electron chi connectivity index (χ1n) is 9.83. The van der Waals surface area contributed by atoms with Crippen molar-refractivity contribution in [3.8, 4) is 0 Å². The molecule has 2 N–H and O–H groups in total. The molecule has 1 atom stereocenters. The molecule has 3 amide bonds. The van der Waals surface area contributed by atoms with Gasteiger partial charge in [0, 0.05) is 35.1 Å². The van der Waals surface area contributed by atoms with Crippen LogP contribution >= 0.6 is 11.6 Å². The number of nitrogens with one attached hydrogen (secondary N) is 2. The van der Waals surface area contributed by atoms with Crippen LogP contribution in [-0.4, -0.2) is 29.9 Å². The van der Waals surface area contributed by atoms with Crippen molar-refractivity contribution in [3.63, 3.8) is 0 Å². The van der Waals surface area contributed by atoms with Gasteiger partial charge >= 0.3 is 6.03 Å². The van der Waals surface area contributed by atoms with Crippen LogP contribution in [0.5, 0.6) is 0 Å². The molecule has 5 nitrogen and oxygen atoms in total. The van der Waals surface area contributed by atoms with Crippen LogP contribution in [0.3, 0.4) is 0 Å². The number of carbonyl (C=O) groups excluding carboxylic acids is 2. The predicted molar refractivity (Wildman–Crippen MR) is 111 cm³/mol. The van der Waals surface area contributed by atoms with E-state index < -0.39 is 23.4 Å². The van der Waals surface area contributed by atoms with Crippen molar-refractivity contribution in [2.45, 2.75) is 19.8 Å². The summed E-state index contributed by atoms with van der Waals surface area (Å²) in [6.07, 6.45) is 1.69. The van der Waals surface area contributed by atoms with Gasteiger partial charge in [-0.05, 0) is 55.2 Å². The van der Waals surface area contributed by atoms with Gasteiger partial charge in [0.15, 0.2) is 0 Å². The highest BCUT2D eigenvalue weighted by Crippen LogP contribution is 2.54. The average molecular weight is 434 g/mol. The number of likely N-dealkylation sites (tertiary alicyclic amines) is 1. The van der Waals surface area contributed by atoms with Gasteiger partial charge in [-0.3, -0.25) is 4.79 Å². The number of amides is 3. The zero-order valence-electron chi connectivity index (χ0n) is 16.4. The van der Waals surface area contributed by atoms with Gasteiger partial charge in [0.1, 0.15) is 17.3 Å². The smallest absolute Gasteiger partial charge is 0.322 e. The summed E-state index contributed by atoms with van der Waals surface area (Å²) in [5, 5.41) is 5.83. The molecule has 158 valence electrons. The largest absolute Gasteiger partial charge is 0.326 e. The lowest BCUT2D eigenvalue weighted by Gasteiger charge is -2.59. The molecule has 1 spiro atoms. The van der Waals surface area contributed by atoms with E-state index in [1.165, 1.54) is 6.07 Å². The third-order valence-electron chi connectivity index (χ3n) is 6.16. The second-order valence-electron chi connectivity index (χ2n) is 8.34. The summed E-state index contributed by atoms with van der Waals surface area (Å²) in [6.45, 7) is 2.96. The van der Waals surface area contributed by atoms with E-state index in [2.05, 4.69) is 10.6 Å². The minimum atomic E-state index is -0.803. The van der Waals surface area contributed by atoms with Crippen molar-refractivity contribution in [2.75, 3.05) is 23.7 Å². The highest BCUT2D eigenvalue weighted by atomic mass is 35.5. The van der Waals surface area contributed by atoms with Crippen molar-refractivity contribution in [2.24, 2.45) is 17.3 Å². The van der Waals surface area contributed by atoms with Gasteiger partial charge in [-0.15, -0.1) is 0 Å². The molecule has 1 saturated heterocycles.